The zero-order valence-electron chi connectivity index (χ0n) is 22.2. The molecule has 4 atom stereocenters. The van der Waals surface area contributed by atoms with Gasteiger partial charge in [-0.25, -0.2) is 4.79 Å². The number of aromatic nitrogens is 2. The molecule has 34 heavy (non-hydrogen) atoms. The lowest BCUT2D eigenvalue weighted by Gasteiger charge is -2.41. The van der Waals surface area contributed by atoms with Crippen molar-refractivity contribution in [2.45, 2.75) is 103 Å². The van der Waals surface area contributed by atoms with Crippen LogP contribution in [-0.2, 0) is 18.4 Å². The molecule has 0 radical (unpaired) electrons. The monoisotopic (exact) mass is 514 g/mol. The van der Waals surface area contributed by atoms with Crippen molar-refractivity contribution in [1.82, 2.24) is 9.55 Å². The maximum Gasteiger partial charge on any atom is 0.330 e. The second-order valence-electron chi connectivity index (χ2n) is 12.3. The van der Waals surface area contributed by atoms with Gasteiger partial charge in [0.25, 0.3) is 5.56 Å². The Morgan fingerprint density at radius 3 is 2.12 bits per heavy atom. The largest absolute Gasteiger partial charge is 0.481 e. The Morgan fingerprint density at radius 2 is 1.65 bits per heavy atom. The molecule has 11 heteroatoms. The number of ether oxygens (including phenoxy) is 1. The number of aliphatic carboxylic acids is 1. The van der Waals surface area contributed by atoms with Crippen LogP contribution in [0.25, 0.3) is 0 Å². The Balaban J connectivity index is 2.52. The Hall–Kier alpha value is -1.54. The third kappa shape index (κ3) is 6.36. The lowest BCUT2D eigenvalue weighted by molar-refractivity contribution is -0.139. The number of carboxylic acid groups (broad SMARTS) is 1. The molecule has 0 amide bonds. The molecule has 194 valence electrons. The average molecular weight is 515 g/mol. The number of nitrogens with one attached hydrogen (secondary N) is 1. The van der Waals surface area contributed by atoms with Crippen molar-refractivity contribution in [3.63, 3.8) is 0 Å². The Kier molecular flexibility index (Phi) is 8.31. The van der Waals surface area contributed by atoms with E-state index < -0.39 is 58.2 Å². The molecule has 1 aromatic heterocycles. The molecular weight excluding hydrogens is 472 g/mol. The van der Waals surface area contributed by atoms with Gasteiger partial charge in [0, 0.05) is 18.2 Å². The summed E-state index contributed by atoms with van der Waals surface area (Å²) >= 11 is 0. The van der Waals surface area contributed by atoms with E-state index in [9.17, 15) is 19.5 Å². The molecule has 0 aromatic carbocycles. The molecule has 2 N–H and O–H groups in total. The summed E-state index contributed by atoms with van der Waals surface area (Å²) in [6.45, 7) is 21.3. The summed E-state index contributed by atoms with van der Waals surface area (Å²) in [6.07, 6.45) is -0.949. The molecule has 1 aromatic rings. The minimum Gasteiger partial charge on any atom is -0.481 e. The number of H-pyrrole nitrogens is 1. The van der Waals surface area contributed by atoms with E-state index in [-0.39, 0.29) is 23.1 Å². The fraction of sp³-hybridized carbons (Fsp3) is 0.783. The summed E-state index contributed by atoms with van der Waals surface area (Å²) in [5.74, 6) is -1.50. The van der Waals surface area contributed by atoms with Crippen LogP contribution in [0.4, 0.5) is 0 Å². The van der Waals surface area contributed by atoms with Crippen LogP contribution in [0.1, 0.15) is 54.2 Å². The van der Waals surface area contributed by atoms with Gasteiger partial charge in [-0.05, 0) is 36.3 Å². The normalized spacial score (nSPS) is 24.4. The second-order valence-corrected chi connectivity index (χ2v) is 21.8. The molecule has 0 aliphatic carbocycles. The zero-order chi connectivity index (χ0) is 26.3. The smallest absolute Gasteiger partial charge is 0.330 e. The number of rotatable bonds is 8. The van der Waals surface area contributed by atoms with Crippen molar-refractivity contribution < 1.29 is 23.5 Å². The van der Waals surface area contributed by atoms with E-state index in [0.29, 0.717) is 0 Å². The van der Waals surface area contributed by atoms with Gasteiger partial charge >= 0.3 is 11.7 Å². The summed E-state index contributed by atoms with van der Waals surface area (Å²) < 4.78 is 20.7. The zero-order valence-corrected chi connectivity index (χ0v) is 24.2. The number of carbonyl (C=O) groups is 1. The van der Waals surface area contributed by atoms with Gasteiger partial charge < -0.3 is 18.7 Å². The molecule has 2 rings (SSSR count). The summed E-state index contributed by atoms with van der Waals surface area (Å²) in [7, 11) is -4.51. The highest BCUT2D eigenvalue weighted by Gasteiger charge is 2.52. The standard InChI is InChI=1S/C23H42N2O7Si2/c1-22(2,3)33(7,8)30-14-16-15(13-18(27)28)19(32-34(9,10)23(4,5)6)20(31-16)25-12-11-17(26)24-21(25)29/h11-12,15-16,19-20H,13-14H2,1-10H3,(H,27,28)(H,24,26,29)/t15-,16-,19-,20-/m1/s1. The van der Waals surface area contributed by atoms with E-state index in [2.05, 4.69) is 72.7 Å². The van der Waals surface area contributed by atoms with Crippen molar-refractivity contribution >= 4 is 22.6 Å². The first-order valence-corrected chi connectivity index (χ1v) is 17.6. The lowest BCUT2D eigenvalue weighted by Crippen LogP contribution is -2.49. The molecule has 9 nitrogen and oxygen atoms in total. The highest BCUT2D eigenvalue weighted by atomic mass is 28.4. The first kappa shape index (κ1) is 28.7. The summed E-state index contributed by atoms with van der Waals surface area (Å²) in [5.41, 5.74) is -1.14. The highest BCUT2D eigenvalue weighted by Crippen LogP contribution is 2.45. The van der Waals surface area contributed by atoms with Crippen LogP contribution in [0.2, 0.25) is 36.3 Å². The molecule has 1 aliphatic heterocycles. The first-order chi connectivity index (χ1) is 15.3. The fourth-order valence-electron chi connectivity index (χ4n) is 3.41. The highest BCUT2D eigenvalue weighted by molar-refractivity contribution is 6.74. The predicted octanol–water partition coefficient (Wildman–Crippen LogP) is 3.94. The molecule has 0 bridgehead atoms. The Morgan fingerprint density at radius 1 is 1.09 bits per heavy atom. The van der Waals surface area contributed by atoms with Crippen molar-refractivity contribution in [3.05, 3.63) is 33.1 Å². The quantitative estimate of drug-likeness (QED) is 0.504. The minimum absolute atomic E-state index is 0.0276. The lowest BCUT2D eigenvalue weighted by atomic mass is 9.94. The van der Waals surface area contributed by atoms with Gasteiger partial charge in [0.1, 0.15) is 0 Å². The molecule has 1 saturated heterocycles. The van der Waals surface area contributed by atoms with Gasteiger partial charge in [-0.1, -0.05) is 41.5 Å². The van der Waals surface area contributed by atoms with Crippen LogP contribution in [0.15, 0.2) is 21.9 Å². The SMILES string of the molecule is CC(C)(C)[Si](C)(C)OC[C@H]1O[C@@H](n2ccc(=O)[nH]c2=O)[C@H](O[Si](C)(C)C(C)(C)C)[C@@H]1CC(=O)O. The molecule has 0 spiro atoms. The van der Waals surface area contributed by atoms with E-state index in [4.69, 9.17) is 13.6 Å². The van der Waals surface area contributed by atoms with E-state index >= 15 is 0 Å². The molecule has 2 heterocycles. The molecule has 1 fully saturated rings. The van der Waals surface area contributed by atoms with Crippen LogP contribution in [0.5, 0.6) is 0 Å². The predicted molar refractivity (Wildman–Crippen MR) is 136 cm³/mol. The number of hydrogen-bond acceptors (Lipinski definition) is 6. The summed E-state index contributed by atoms with van der Waals surface area (Å²) in [4.78, 5) is 38.5. The van der Waals surface area contributed by atoms with E-state index in [1.54, 1.807) is 0 Å². The number of nitrogens with zero attached hydrogens (tertiary/aromatic N) is 1. The van der Waals surface area contributed by atoms with Crippen molar-refractivity contribution in [2.24, 2.45) is 5.92 Å². The number of hydrogen-bond donors (Lipinski definition) is 2. The van der Waals surface area contributed by atoms with E-state index in [1.807, 2.05) is 0 Å². The van der Waals surface area contributed by atoms with Gasteiger partial charge in [0.05, 0.1) is 25.2 Å². The minimum atomic E-state index is -2.38. The Labute approximate surface area is 204 Å². The van der Waals surface area contributed by atoms with Crippen LogP contribution >= 0.6 is 0 Å². The van der Waals surface area contributed by atoms with Crippen molar-refractivity contribution in [2.75, 3.05) is 6.61 Å². The fourth-order valence-corrected chi connectivity index (χ4v) is 5.75. The molecule has 0 unspecified atom stereocenters. The third-order valence-electron chi connectivity index (χ3n) is 7.68. The summed E-state index contributed by atoms with van der Waals surface area (Å²) in [6, 6.07) is 1.25. The molecule has 0 saturated carbocycles. The van der Waals surface area contributed by atoms with Gasteiger partial charge in [-0.15, -0.1) is 0 Å². The topological polar surface area (TPSA) is 120 Å². The van der Waals surface area contributed by atoms with Crippen LogP contribution in [0, 0.1) is 5.92 Å². The molecule has 1 aliphatic rings. The van der Waals surface area contributed by atoms with Gasteiger partial charge in [-0.2, -0.15) is 0 Å². The van der Waals surface area contributed by atoms with E-state index in [0.717, 1.165) is 0 Å². The maximum absolute atomic E-state index is 12.7. The second kappa shape index (κ2) is 9.84. The number of aromatic amines is 1. The Bertz CT molecular complexity index is 989. The van der Waals surface area contributed by atoms with Crippen molar-refractivity contribution in [1.29, 1.82) is 0 Å². The van der Waals surface area contributed by atoms with Crippen molar-refractivity contribution in [3.8, 4) is 0 Å². The number of carboxylic acids is 1. The van der Waals surface area contributed by atoms with Gasteiger partial charge in [0.15, 0.2) is 22.9 Å². The van der Waals surface area contributed by atoms with Gasteiger partial charge in [-0.3, -0.25) is 19.1 Å². The van der Waals surface area contributed by atoms with Crippen LogP contribution in [0.3, 0.4) is 0 Å². The maximum atomic E-state index is 12.7. The van der Waals surface area contributed by atoms with Gasteiger partial charge in [0.2, 0.25) is 0 Å². The molecular formula is C23H42N2O7Si2. The third-order valence-corrected chi connectivity index (χ3v) is 16.7. The van der Waals surface area contributed by atoms with Crippen LogP contribution in [-0.4, -0.2) is 56.1 Å². The summed E-state index contributed by atoms with van der Waals surface area (Å²) in [5, 5.41) is 9.56. The average Bonchev–Trinajstić information content (AvgIpc) is 2.94. The first-order valence-electron chi connectivity index (χ1n) is 11.8. The van der Waals surface area contributed by atoms with Crippen LogP contribution < -0.4 is 11.2 Å². The van der Waals surface area contributed by atoms with E-state index in [1.165, 1.54) is 16.8 Å².